The highest BCUT2D eigenvalue weighted by atomic mass is 79.9. The fourth-order valence-electron chi connectivity index (χ4n) is 2.93. The van der Waals surface area contributed by atoms with Crippen LogP contribution >= 0.6 is 15.9 Å². The third-order valence-electron chi connectivity index (χ3n) is 4.51. The molecule has 1 fully saturated rings. The number of nitrogens with zero attached hydrogens (tertiary/aromatic N) is 5. The van der Waals surface area contributed by atoms with Gasteiger partial charge in [0.2, 0.25) is 11.6 Å². The quantitative estimate of drug-likeness (QED) is 0.508. The van der Waals surface area contributed by atoms with Crippen molar-refractivity contribution in [1.29, 1.82) is 0 Å². The number of nitro groups is 1. The molecule has 1 aliphatic heterocycles. The van der Waals surface area contributed by atoms with Gasteiger partial charge in [0.15, 0.2) is 0 Å². The highest BCUT2D eigenvalue weighted by molar-refractivity contribution is 9.10. The normalized spacial score (nSPS) is 14.6. The minimum Gasteiger partial charge on any atom is -0.348 e. The van der Waals surface area contributed by atoms with Gasteiger partial charge in [0.25, 0.3) is 5.91 Å². The molecule has 0 atom stereocenters. The topological polar surface area (TPSA) is 117 Å². The molecule has 1 aromatic carbocycles. The summed E-state index contributed by atoms with van der Waals surface area (Å²) in [7, 11) is 0. The van der Waals surface area contributed by atoms with Crippen LogP contribution in [-0.4, -0.2) is 58.4 Å². The Kier molecular flexibility index (Phi) is 6.37. The largest absolute Gasteiger partial charge is 0.355 e. The van der Waals surface area contributed by atoms with Crippen molar-refractivity contribution in [2.75, 3.05) is 43.0 Å². The maximum atomic E-state index is 12.2. The van der Waals surface area contributed by atoms with Gasteiger partial charge < -0.3 is 9.80 Å². The summed E-state index contributed by atoms with van der Waals surface area (Å²) in [5.41, 5.74) is 5.16. The molecule has 2 heterocycles. The molecule has 1 aromatic heterocycles. The number of anilines is 2. The van der Waals surface area contributed by atoms with Gasteiger partial charge in [0.1, 0.15) is 6.33 Å². The minimum atomic E-state index is -0.532. The molecular formula is C17H20BrN7O3. The summed E-state index contributed by atoms with van der Waals surface area (Å²) in [6.07, 6.45) is 1.25. The Morgan fingerprint density at radius 1 is 1.21 bits per heavy atom. The van der Waals surface area contributed by atoms with E-state index in [0.717, 1.165) is 24.1 Å². The molecular weight excluding hydrogens is 430 g/mol. The fourth-order valence-corrected chi connectivity index (χ4v) is 3.19. The number of benzene rings is 1. The van der Waals surface area contributed by atoms with Gasteiger partial charge >= 0.3 is 5.69 Å². The van der Waals surface area contributed by atoms with Gasteiger partial charge in [-0.05, 0) is 30.8 Å². The van der Waals surface area contributed by atoms with Gasteiger partial charge in [-0.25, -0.2) is 9.97 Å². The van der Waals surface area contributed by atoms with E-state index in [4.69, 9.17) is 0 Å². The van der Waals surface area contributed by atoms with Crippen molar-refractivity contribution in [3.8, 4) is 0 Å². The van der Waals surface area contributed by atoms with Crippen molar-refractivity contribution in [1.82, 2.24) is 20.3 Å². The molecule has 0 unspecified atom stereocenters. The molecule has 11 heteroatoms. The number of aromatic nitrogens is 2. The lowest BCUT2D eigenvalue weighted by Gasteiger charge is -2.34. The van der Waals surface area contributed by atoms with Crippen LogP contribution in [0, 0.1) is 10.1 Å². The molecule has 148 valence electrons. The lowest BCUT2D eigenvalue weighted by Crippen LogP contribution is -2.46. The van der Waals surface area contributed by atoms with Gasteiger partial charge in [-0.2, -0.15) is 0 Å². The number of piperazine rings is 1. The first-order valence-electron chi connectivity index (χ1n) is 8.78. The fraction of sp³-hybridized carbons (Fsp3) is 0.353. The number of hydrogen-bond acceptors (Lipinski definition) is 8. The molecule has 3 rings (SSSR count). The van der Waals surface area contributed by atoms with E-state index in [2.05, 4.69) is 48.6 Å². The predicted octanol–water partition coefficient (Wildman–Crippen LogP) is 2.05. The average molecular weight is 450 g/mol. The van der Waals surface area contributed by atoms with Gasteiger partial charge in [-0.15, -0.1) is 0 Å². The molecule has 0 saturated carbocycles. The lowest BCUT2D eigenvalue weighted by molar-refractivity contribution is -0.383. The van der Waals surface area contributed by atoms with Crippen LogP contribution in [-0.2, 0) is 0 Å². The van der Waals surface area contributed by atoms with Crippen molar-refractivity contribution in [2.24, 2.45) is 0 Å². The number of nitrogens with one attached hydrogen (secondary N) is 2. The lowest BCUT2D eigenvalue weighted by atomic mass is 10.2. The van der Waals surface area contributed by atoms with E-state index in [1.165, 1.54) is 6.33 Å². The second kappa shape index (κ2) is 8.93. The first kappa shape index (κ1) is 20.0. The standard InChI is InChI=1S/C17H20BrN7O3/c1-2-23-7-9-24(10-8-23)16-14(25(27)28)15(19-11-20-16)21-22-17(26)12-3-5-13(18)6-4-12/h3-6,11H,2,7-10H2,1H3,(H,22,26)(H,19,20,21). The van der Waals surface area contributed by atoms with E-state index in [1.807, 2.05) is 4.90 Å². The molecule has 2 N–H and O–H groups in total. The zero-order valence-electron chi connectivity index (χ0n) is 15.3. The summed E-state index contributed by atoms with van der Waals surface area (Å²) in [5.74, 6) is -0.243. The Labute approximate surface area is 170 Å². The highest BCUT2D eigenvalue weighted by Gasteiger charge is 2.29. The van der Waals surface area contributed by atoms with Crippen LogP contribution in [0.5, 0.6) is 0 Å². The van der Waals surface area contributed by atoms with Crippen LogP contribution in [0.15, 0.2) is 35.1 Å². The van der Waals surface area contributed by atoms with Crippen LogP contribution in [0.1, 0.15) is 17.3 Å². The molecule has 0 radical (unpaired) electrons. The zero-order chi connectivity index (χ0) is 20.1. The highest BCUT2D eigenvalue weighted by Crippen LogP contribution is 2.31. The number of likely N-dealkylation sites (N-methyl/N-ethyl adjacent to an activating group) is 1. The predicted molar refractivity (Wildman–Crippen MR) is 108 cm³/mol. The molecule has 28 heavy (non-hydrogen) atoms. The smallest absolute Gasteiger partial charge is 0.348 e. The molecule has 1 aliphatic rings. The van der Waals surface area contributed by atoms with Crippen molar-refractivity contribution < 1.29 is 9.72 Å². The van der Waals surface area contributed by atoms with E-state index >= 15 is 0 Å². The van der Waals surface area contributed by atoms with Crippen LogP contribution in [0.4, 0.5) is 17.3 Å². The van der Waals surface area contributed by atoms with E-state index in [1.54, 1.807) is 24.3 Å². The SMILES string of the molecule is CCN1CCN(c2ncnc(NNC(=O)c3ccc(Br)cc3)c2[N+](=O)[O-])CC1. The summed E-state index contributed by atoms with van der Waals surface area (Å²) in [6, 6.07) is 6.73. The molecule has 2 aromatic rings. The van der Waals surface area contributed by atoms with Crippen molar-refractivity contribution in [3.63, 3.8) is 0 Å². The molecule has 0 spiro atoms. The van der Waals surface area contributed by atoms with Gasteiger partial charge in [0, 0.05) is 36.2 Å². The number of halogens is 1. The van der Waals surface area contributed by atoms with E-state index in [0.29, 0.717) is 18.7 Å². The average Bonchev–Trinajstić information content (AvgIpc) is 2.72. The van der Waals surface area contributed by atoms with E-state index in [9.17, 15) is 14.9 Å². The Hall–Kier alpha value is -2.79. The summed E-state index contributed by atoms with van der Waals surface area (Å²) in [6.45, 7) is 5.90. The minimum absolute atomic E-state index is 0.0571. The Morgan fingerprint density at radius 3 is 2.50 bits per heavy atom. The number of hydrazine groups is 1. The summed E-state index contributed by atoms with van der Waals surface area (Å²) < 4.78 is 0.844. The molecule has 1 saturated heterocycles. The maximum absolute atomic E-state index is 12.2. The van der Waals surface area contributed by atoms with Crippen LogP contribution in [0.25, 0.3) is 0 Å². The maximum Gasteiger partial charge on any atom is 0.355 e. The van der Waals surface area contributed by atoms with Crippen LogP contribution < -0.4 is 15.8 Å². The van der Waals surface area contributed by atoms with Gasteiger partial charge in [-0.3, -0.25) is 25.8 Å². The zero-order valence-corrected chi connectivity index (χ0v) is 16.8. The third kappa shape index (κ3) is 4.54. The van der Waals surface area contributed by atoms with Crippen LogP contribution in [0.2, 0.25) is 0 Å². The second-order valence-electron chi connectivity index (χ2n) is 6.16. The number of amides is 1. The second-order valence-corrected chi connectivity index (χ2v) is 7.07. The first-order valence-corrected chi connectivity index (χ1v) is 9.57. The van der Waals surface area contributed by atoms with Crippen molar-refractivity contribution in [2.45, 2.75) is 6.92 Å². The Bertz CT molecular complexity index is 854. The van der Waals surface area contributed by atoms with Gasteiger partial charge in [0.05, 0.1) is 4.92 Å². The Balaban J connectivity index is 1.77. The van der Waals surface area contributed by atoms with Crippen molar-refractivity contribution in [3.05, 3.63) is 50.7 Å². The molecule has 0 aliphatic carbocycles. The number of carbonyl (C=O) groups is 1. The van der Waals surface area contributed by atoms with Crippen LogP contribution in [0.3, 0.4) is 0 Å². The molecule has 10 nitrogen and oxygen atoms in total. The molecule has 1 amide bonds. The van der Waals surface area contributed by atoms with Gasteiger partial charge in [-0.1, -0.05) is 22.9 Å². The number of carbonyl (C=O) groups excluding carboxylic acids is 1. The first-order chi connectivity index (χ1) is 13.5. The summed E-state index contributed by atoms with van der Waals surface area (Å²) >= 11 is 3.30. The number of rotatable bonds is 6. The summed E-state index contributed by atoms with van der Waals surface area (Å²) in [4.78, 5) is 35.6. The monoisotopic (exact) mass is 449 g/mol. The summed E-state index contributed by atoms with van der Waals surface area (Å²) in [5, 5.41) is 11.7. The van der Waals surface area contributed by atoms with Crippen molar-refractivity contribution >= 4 is 39.2 Å². The molecule has 0 bridgehead atoms. The third-order valence-corrected chi connectivity index (χ3v) is 5.03. The van der Waals surface area contributed by atoms with E-state index < -0.39 is 10.8 Å². The number of hydrogen-bond donors (Lipinski definition) is 2. The Morgan fingerprint density at radius 2 is 1.89 bits per heavy atom. The van der Waals surface area contributed by atoms with E-state index in [-0.39, 0.29) is 17.3 Å².